The Morgan fingerprint density at radius 3 is 2.45 bits per heavy atom. The predicted octanol–water partition coefficient (Wildman–Crippen LogP) is 3.02. The van der Waals surface area contributed by atoms with Crippen LogP contribution in [0.3, 0.4) is 0 Å². The van der Waals surface area contributed by atoms with Crippen LogP contribution in [-0.4, -0.2) is 12.2 Å². The maximum Gasteiger partial charge on any atom is 0.292 e. The van der Waals surface area contributed by atoms with E-state index in [1.54, 1.807) is 25.5 Å². The second kappa shape index (κ2) is 6.09. The van der Waals surface area contributed by atoms with Gasteiger partial charge in [0.2, 0.25) is 0 Å². The fourth-order valence-corrected chi connectivity index (χ4v) is 2.03. The first-order chi connectivity index (χ1) is 9.69. The monoisotopic (exact) mass is 269 g/mol. The van der Waals surface area contributed by atoms with E-state index in [-0.39, 0.29) is 6.61 Å². The van der Waals surface area contributed by atoms with E-state index < -0.39 is 0 Å². The number of aliphatic hydroxyl groups is 1. The molecule has 0 amide bonds. The molecule has 4 heteroatoms. The van der Waals surface area contributed by atoms with Crippen molar-refractivity contribution in [1.82, 2.24) is 0 Å². The number of rotatable bonds is 4. The molecular weight excluding hydrogens is 254 g/mol. The molecule has 0 unspecified atom stereocenters. The predicted molar refractivity (Wildman–Crippen MR) is 75.3 cm³/mol. The summed E-state index contributed by atoms with van der Waals surface area (Å²) in [4.78, 5) is 0. The molecule has 20 heavy (non-hydrogen) atoms. The number of methoxy groups -OCH3 is 1. The molecule has 2 aromatic carbocycles. The number of hydrogen-bond acceptors (Lipinski definition) is 4. The first-order valence-electron chi connectivity index (χ1n) is 6.14. The van der Waals surface area contributed by atoms with Crippen LogP contribution >= 0.6 is 0 Å². The van der Waals surface area contributed by atoms with Crippen LogP contribution in [0.15, 0.2) is 36.4 Å². The van der Waals surface area contributed by atoms with E-state index in [9.17, 15) is 5.11 Å². The Morgan fingerprint density at radius 1 is 1.10 bits per heavy atom. The van der Waals surface area contributed by atoms with E-state index in [1.807, 2.05) is 31.2 Å². The fraction of sp³-hybridized carbons (Fsp3) is 0.188. The lowest BCUT2D eigenvalue weighted by atomic mass is 10.0. The smallest absolute Gasteiger partial charge is 0.292 e. The van der Waals surface area contributed by atoms with Crippen LogP contribution in [0.2, 0.25) is 0 Å². The van der Waals surface area contributed by atoms with Crippen molar-refractivity contribution < 1.29 is 14.6 Å². The van der Waals surface area contributed by atoms with Crippen molar-refractivity contribution in [3.8, 4) is 28.9 Å². The molecule has 0 aliphatic carbocycles. The molecule has 0 saturated carbocycles. The third kappa shape index (κ3) is 2.73. The maximum atomic E-state index is 9.35. The van der Waals surface area contributed by atoms with Crippen molar-refractivity contribution in [3.05, 3.63) is 47.5 Å². The van der Waals surface area contributed by atoms with Gasteiger partial charge in [-0.15, -0.1) is 5.26 Å². The highest BCUT2D eigenvalue weighted by Gasteiger charge is 2.08. The molecular formula is C16H15NO3. The van der Waals surface area contributed by atoms with Gasteiger partial charge in [-0.1, -0.05) is 18.2 Å². The molecule has 0 aliphatic rings. The number of ether oxygens (including phenoxy) is 2. The van der Waals surface area contributed by atoms with Gasteiger partial charge in [0, 0.05) is 5.56 Å². The molecule has 0 radical (unpaired) electrons. The Bertz CT molecular complexity index is 659. The van der Waals surface area contributed by atoms with Gasteiger partial charge in [-0.05, 0) is 41.8 Å². The summed E-state index contributed by atoms with van der Waals surface area (Å²) in [6, 6.07) is 11.2. The van der Waals surface area contributed by atoms with E-state index in [4.69, 9.17) is 14.7 Å². The van der Waals surface area contributed by atoms with E-state index in [0.717, 1.165) is 22.4 Å². The van der Waals surface area contributed by atoms with Crippen LogP contribution in [0.1, 0.15) is 11.1 Å². The highest BCUT2D eigenvalue weighted by atomic mass is 16.5. The van der Waals surface area contributed by atoms with Gasteiger partial charge in [-0.3, -0.25) is 0 Å². The highest BCUT2D eigenvalue weighted by molar-refractivity contribution is 5.68. The summed E-state index contributed by atoms with van der Waals surface area (Å²) in [6.45, 7) is 1.79. The molecule has 0 saturated heterocycles. The second-order valence-electron chi connectivity index (χ2n) is 4.36. The van der Waals surface area contributed by atoms with Crippen LogP contribution in [0.4, 0.5) is 0 Å². The van der Waals surface area contributed by atoms with Crippen molar-refractivity contribution in [2.45, 2.75) is 13.5 Å². The van der Waals surface area contributed by atoms with E-state index in [0.29, 0.717) is 11.3 Å². The van der Waals surface area contributed by atoms with Crippen LogP contribution in [0, 0.1) is 18.4 Å². The first-order valence-corrected chi connectivity index (χ1v) is 6.14. The van der Waals surface area contributed by atoms with Gasteiger partial charge in [0.1, 0.15) is 11.5 Å². The summed E-state index contributed by atoms with van der Waals surface area (Å²) in [5.74, 6) is 1.18. The number of hydrogen-bond donors (Lipinski definition) is 1. The van der Waals surface area contributed by atoms with Crippen molar-refractivity contribution in [3.63, 3.8) is 0 Å². The summed E-state index contributed by atoms with van der Waals surface area (Å²) >= 11 is 0. The van der Waals surface area contributed by atoms with Crippen molar-refractivity contribution in [1.29, 1.82) is 5.26 Å². The average molecular weight is 269 g/mol. The van der Waals surface area contributed by atoms with Crippen LogP contribution < -0.4 is 9.47 Å². The Labute approximate surface area is 117 Å². The SMILES string of the molecule is COc1cc(-c2ccc(OC#N)c(CO)c2)ccc1C. The number of benzene rings is 2. The molecule has 1 N–H and O–H groups in total. The van der Waals surface area contributed by atoms with Crippen molar-refractivity contribution in [2.24, 2.45) is 0 Å². The lowest BCUT2D eigenvalue weighted by Crippen LogP contribution is -1.93. The third-order valence-corrected chi connectivity index (χ3v) is 3.13. The summed E-state index contributed by atoms with van der Waals surface area (Å²) in [5.41, 5.74) is 3.54. The number of aliphatic hydroxyl groups excluding tert-OH is 1. The molecule has 0 aliphatic heterocycles. The molecule has 0 bridgehead atoms. The van der Waals surface area contributed by atoms with Gasteiger partial charge in [0.05, 0.1) is 13.7 Å². The molecule has 2 rings (SSSR count). The van der Waals surface area contributed by atoms with Crippen molar-refractivity contribution in [2.75, 3.05) is 7.11 Å². The molecule has 102 valence electrons. The van der Waals surface area contributed by atoms with Gasteiger partial charge >= 0.3 is 0 Å². The van der Waals surface area contributed by atoms with Gasteiger partial charge in [-0.2, -0.15) is 0 Å². The van der Waals surface area contributed by atoms with Gasteiger partial charge in [0.25, 0.3) is 6.26 Å². The normalized spacial score (nSPS) is 9.90. The molecule has 0 fully saturated rings. The molecule has 0 spiro atoms. The van der Waals surface area contributed by atoms with E-state index in [1.165, 1.54) is 0 Å². The summed E-state index contributed by atoms with van der Waals surface area (Å²) in [6.07, 6.45) is 1.61. The van der Waals surface area contributed by atoms with Crippen molar-refractivity contribution >= 4 is 0 Å². The van der Waals surface area contributed by atoms with Gasteiger partial charge in [0.15, 0.2) is 0 Å². The zero-order chi connectivity index (χ0) is 14.5. The minimum absolute atomic E-state index is 0.187. The molecule has 4 nitrogen and oxygen atoms in total. The Balaban J connectivity index is 2.45. The highest BCUT2D eigenvalue weighted by Crippen LogP contribution is 2.30. The van der Waals surface area contributed by atoms with Gasteiger partial charge in [-0.25, -0.2) is 0 Å². The molecule has 0 aromatic heterocycles. The maximum absolute atomic E-state index is 9.35. The van der Waals surface area contributed by atoms with E-state index in [2.05, 4.69) is 0 Å². The number of nitriles is 1. The molecule has 0 atom stereocenters. The van der Waals surface area contributed by atoms with Crippen LogP contribution in [0.25, 0.3) is 11.1 Å². The number of aryl methyl sites for hydroxylation is 1. The quantitative estimate of drug-likeness (QED) is 0.867. The summed E-state index contributed by atoms with van der Waals surface area (Å²) in [5, 5.41) is 17.9. The van der Waals surface area contributed by atoms with Crippen LogP contribution in [0.5, 0.6) is 11.5 Å². The fourth-order valence-electron chi connectivity index (χ4n) is 2.03. The zero-order valence-electron chi connectivity index (χ0n) is 11.4. The summed E-state index contributed by atoms with van der Waals surface area (Å²) in [7, 11) is 1.63. The van der Waals surface area contributed by atoms with Crippen LogP contribution in [-0.2, 0) is 6.61 Å². The lowest BCUT2D eigenvalue weighted by molar-refractivity contribution is 0.277. The second-order valence-corrected chi connectivity index (χ2v) is 4.36. The Hall–Kier alpha value is -2.51. The standard InChI is InChI=1S/C16H15NO3/c1-11-3-4-13(8-16(11)19-2)12-5-6-15(20-10-17)14(7-12)9-18/h3-8,18H,9H2,1-2H3. The topological polar surface area (TPSA) is 62.5 Å². The van der Waals surface area contributed by atoms with Gasteiger partial charge < -0.3 is 14.6 Å². The van der Waals surface area contributed by atoms with E-state index >= 15 is 0 Å². The molecule has 2 aromatic rings. The minimum Gasteiger partial charge on any atom is -0.496 e. The largest absolute Gasteiger partial charge is 0.496 e. The summed E-state index contributed by atoms with van der Waals surface area (Å²) < 4.78 is 10.1. The Morgan fingerprint density at radius 2 is 1.80 bits per heavy atom. The molecule has 0 heterocycles. The first kappa shape index (κ1) is 13.9. The zero-order valence-corrected chi connectivity index (χ0v) is 11.4. The minimum atomic E-state index is -0.187. The number of nitrogens with zero attached hydrogens (tertiary/aromatic N) is 1. The lowest BCUT2D eigenvalue weighted by Gasteiger charge is -2.10. The third-order valence-electron chi connectivity index (χ3n) is 3.13. The average Bonchev–Trinajstić information content (AvgIpc) is 2.48. The Kier molecular flexibility index (Phi) is 4.24.